The molecule has 112 valence electrons. The number of hydrogen-bond acceptors (Lipinski definition) is 3. The van der Waals surface area contributed by atoms with Gasteiger partial charge in [-0.15, -0.1) is 0 Å². The Labute approximate surface area is 133 Å². The van der Waals surface area contributed by atoms with E-state index in [1.807, 2.05) is 30.3 Å². The minimum atomic E-state index is -3.64. The van der Waals surface area contributed by atoms with Crippen LogP contribution >= 0.6 is 15.9 Å². The van der Waals surface area contributed by atoms with Crippen LogP contribution in [0.3, 0.4) is 0 Å². The zero-order valence-corrected chi connectivity index (χ0v) is 13.9. The summed E-state index contributed by atoms with van der Waals surface area (Å²) in [5.74, 6) is 0. The van der Waals surface area contributed by atoms with Gasteiger partial charge in [-0.25, -0.2) is 13.1 Å². The molecule has 0 fully saturated rings. The number of halogens is 1. The van der Waals surface area contributed by atoms with Crippen molar-refractivity contribution in [2.24, 2.45) is 0 Å². The number of rotatable bonds is 5. The van der Waals surface area contributed by atoms with E-state index in [4.69, 9.17) is 5.11 Å². The number of benzene rings is 2. The lowest BCUT2D eigenvalue weighted by molar-refractivity contribution is 0.281. The molecule has 4 nitrogen and oxygen atoms in total. The molecule has 0 heterocycles. The van der Waals surface area contributed by atoms with Crippen LogP contribution in [0, 0.1) is 0 Å². The van der Waals surface area contributed by atoms with Crippen LogP contribution in [-0.2, 0) is 16.6 Å². The standard InChI is InChI=1S/C15H16BrNO3S/c1-11(13-5-3-2-4-6-13)17-21(19,20)15-8-7-12(10-18)9-14(15)16/h2-9,11,17-18H,10H2,1H3. The molecule has 2 aromatic rings. The zero-order valence-electron chi connectivity index (χ0n) is 11.5. The maximum atomic E-state index is 12.4. The predicted octanol–water partition coefficient (Wildman–Crippen LogP) is 2.98. The van der Waals surface area contributed by atoms with Crippen molar-refractivity contribution in [1.29, 1.82) is 0 Å². The second-order valence-electron chi connectivity index (χ2n) is 4.68. The van der Waals surface area contributed by atoms with Gasteiger partial charge in [-0.1, -0.05) is 36.4 Å². The van der Waals surface area contributed by atoms with E-state index in [-0.39, 0.29) is 17.5 Å². The lowest BCUT2D eigenvalue weighted by Crippen LogP contribution is -2.27. The highest BCUT2D eigenvalue weighted by Gasteiger charge is 2.21. The number of nitrogens with one attached hydrogen (secondary N) is 1. The SMILES string of the molecule is CC(NS(=O)(=O)c1ccc(CO)cc1Br)c1ccccc1. The van der Waals surface area contributed by atoms with E-state index in [9.17, 15) is 8.42 Å². The molecule has 0 spiro atoms. The van der Waals surface area contributed by atoms with Crippen molar-refractivity contribution < 1.29 is 13.5 Å². The Kier molecular flexibility index (Phi) is 5.16. The largest absolute Gasteiger partial charge is 0.392 e. The highest BCUT2D eigenvalue weighted by Crippen LogP contribution is 2.25. The van der Waals surface area contributed by atoms with Gasteiger partial charge < -0.3 is 5.11 Å². The normalized spacial score (nSPS) is 13.1. The molecule has 0 amide bonds. The molecule has 2 N–H and O–H groups in total. The number of hydrogen-bond donors (Lipinski definition) is 2. The average Bonchev–Trinajstić information content (AvgIpc) is 2.47. The van der Waals surface area contributed by atoms with Crippen molar-refractivity contribution in [2.45, 2.75) is 24.5 Å². The third kappa shape index (κ3) is 3.91. The molecule has 2 rings (SSSR count). The number of aliphatic hydroxyl groups is 1. The first-order chi connectivity index (χ1) is 9.94. The highest BCUT2D eigenvalue weighted by molar-refractivity contribution is 9.10. The summed E-state index contributed by atoms with van der Waals surface area (Å²) >= 11 is 3.24. The van der Waals surface area contributed by atoms with Crippen molar-refractivity contribution in [1.82, 2.24) is 4.72 Å². The van der Waals surface area contributed by atoms with E-state index in [1.54, 1.807) is 19.1 Å². The van der Waals surface area contributed by atoms with Crippen LogP contribution in [0.4, 0.5) is 0 Å². The fourth-order valence-corrected chi connectivity index (χ4v) is 4.32. The van der Waals surface area contributed by atoms with Crippen LogP contribution in [0.2, 0.25) is 0 Å². The smallest absolute Gasteiger partial charge is 0.242 e. The van der Waals surface area contributed by atoms with Gasteiger partial charge in [-0.2, -0.15) is 0 Å². The molecule has 0 radical (unpaired) electrons. The summed E-state index contributed by atoms with van der Waals surface area (Å²) in [6, 6.07) is 13.7. The van der Waals surface area contributed by atoms with Crippen molar-refractivity contribution in [3.05, 3.63) is 64.1 Å². The molecule has 6 heteroatoms. The number of aliphatic hydroxyl groups excluding tert-OH is 1. The topological polar surface area (TPSA) is 66.4 Å². The van der Waals surface area contributed by atoms with E-state index in [2.05, 4.69) is 20.7 Å². The molecule has 1 unspecified atom stereocenters. The Morgan fingerprint density at radius 1 is 1.19 bits per heavy atom. The van der Waals surface area contributed by atoms with Gasteiger partial charge in [0.1, 0.15) is 0 Å². The Hall–Kier alpha value is -1.21. The summed E-state index contributed by atoms with van der Waals surface area (Å²) in [5, 5.41) is 9.06. The molecule has 0 aromatic heterocycles. The predicted molar refractivity (Wildman–Crippen MR) is 85.2 cm³/mol. The van der Waals surface area contributed by atoms with E-state index in [0.29, 0.717) is 10.0 Å². The minimum Gasteiger partial charge on any atom is -0.392 e. The quantitative estimate of drug-likeness (QED) is 0.851. The van der Waals surface area contributed by atoms with Crippen LogP contribution in [0.5, 0.6) is 0 Å². The van der Waals surface area contributed by atoms with Crippen LogP contribution in [0.1, 0.15) is 24.1 Å². The second-order valence-corrected chi connectivity index (χ2v) is 7.21. The molecule has 2 aromatic carbocycles. The van der Waals surface area contributed by atoms with E-state index < -0.39 is 10.0 Å². The molecule has 0 aliphatic rings. The lowest BCUT2D eigenvalue weighted by Gasteiger charge is -2.15. The molecule has 0 bridgehead atoms. The molecular formula is C15H16BrNO3S. The summed E-state index contributed by atoms with van der Waals surface area (Å²) in [6.07, 6.45) is 0. The van der Waals surface area contributed by atoms with Gasteiger partial charge in [0, 0.05) is 10.5 Å². The maximum Gasteiger partial charge on any atom is 0.242 e. The summed E-state index contributed by atoms with van der Waals surface area (Å²) in [4.78, 5) is 0.155. The Bertz CT molecular complexity index is 717. The summed E-state index contributed by atoms with van der Waals surface area (Å²) in [7, 11) is -3.64. The van der Waals surface area contributed by atoms with Gasteiger partial charge in [-0.05, 0) is 46.1 Å². The summed E-state index contributed by atoms with van der Waals surface area (Å²) in [5.41, 5.74) is 1.54. The van der Waals surface area contributed by atoms with Crippen molar-refractivity contribution >= 4 is 26.0 Å². The first-order valence-corrected chi connectivity index (χ1v) is 8.68. The lowest BCUT2D eigenvalue weighted by atomic mass is 10.1. The van der Waals surface area contributed by atoms with E-state index in [0.717, 1.165) is 5.56 Å². The van der Waals surface area contributed by atoms with Crippen LogP contribution in [0.15, 0.2) is 57.9 Å². The molecule has 0 aliphatic carbocycles. The second kappa shape index (κ2) is 6.70. The van der Waals surface area contributed by atoms with Crippen LogP contribution in [-0.4, -0.2) is 13.5 Å². The zero-order chi connectivity index (χ0) is 15.5. The fraction of sp³-hybridized carbons (Fsp3) is 0.200. The van der Waals surface area contributed by atoms with E-state index in [1.165, 1.54) is 6.07 Å². The molecule has 0 saturated carbocycles. The van der Waals surface area contributed by atoms with Crippen molar-refractivity contribution in [2.75, 3.05) is 0 Å². The van der Waals surface area contributed by atoms with Gasteiger partial charge in [0.2, 0.25) is 10.0 Å². The summed E-state index contributed by atoms with van der Waals surface area (Å²) < 4.78 is 27.9. The van der Waals surface area contributed by atoms with Gasteiger partial charge in [0.05, 0.1) is 11.5 Å². The molecular weight excluding hydrogens is 354 g/mol. The summed E-state index contributed by atoms with van der Waals surface area (Å²) in [6.45, 7) is 1.66. The third-order valence-corrected chi connectivity index (χ3v) is 5.62. The first-order valence-electron chi connectivity index (χ1n) is 6.40. The number of sulfonamides is 1. The highest BCUT2D eigenvalue weighted by atomic mass is 79.9. The Morgan fingerprint density at radius 3 is 2.43 bits per heavy atom. The maximum absolute atomic E-state index is 12.4. The van der Waals surface area contributed by atoms with Gasteiger partial charge in [0.15, 0.2) is 0 Å². The van der Waals surface area contributed by atoms with Crippen molar-refractivity contribution in [3.8, 4) is 0 Å². The average molecular weight is 370 g/mol. The van der Waals surface area contributed by atoms with Crippen molar-refractivity contribution in [3.63, 3.8) is 0 Å². The fourth-order valence-electron chi connectivity index (χ4n) is 1.97. The van der Waals surface area contributed by atoms with Gasteiger partial charge in [-0.3, -0.25) is 0 Å². The van der Waals surface area contributed by atoms with Crippen LogP contribution in [0.25, 0.3) is 0 Å². The minimum absolute atomic E-state index is 0.132. The molecule has 1 atom stereocenters. The molecule has 0 saturated heterocycles. The third-order valence-electron chi connectivity index (χ3n) is 3.10. The van der Waals surface area contributed by atoms with Gasteiger partial charge >= 0.3 is 0 Å². The van der Waals surface area contributed by atoms with Gasteiger partial charge in [0.25, 0.3) is 0 Å². The Morgan fingerprint density at radius 2 is 1.86 bits per heavy atom. The Balaban J connectivity index is 2.26. The monoisotopic (exact) mass is 369 g/mol. The first kappa shape index (κ1) is 16.2. The van der Waals surface area contributed by atoms with Crippen LogP contribution < -0.4 is 4.72 Å². The molecule has 0 aliphatic heterocycles. The van der Waals surface area contributed by atoms with E-state index >= 15 is 0 Å². The molecule has 21 heavy (non-hydrogen) atoms.